The highest BCUT2D eigenvalue weighted by atomic mass is 32.2. The van der Waals surface area contributed by atoms with Gasteiger partial charge in [0.15, 0.2) is 12.2 Å². The van der Waals surface area contributed by atoms with E-state index < -0.39 is 4.92 Å². The van der Waals surface area contributed by atoms with Gasteiger partial charge in [-0.3, -0.25) is 10.1 Å². The van der Waals surface area contributed by atoms with Gasteiger partial charge in [-0.25, -0.2) is 4.98 Å². The van der Waals surface area contributed by atoms with Crippen molar-refractivity contribution in [2.24, 2.45) is 0 Å². The standard InChI is InChI=1S/C14H12N4O3S2.H2S/c1-17(16-10-2-7-13-14(8-10)22-9-15-13)23-21-12-5-3-11(4-6-12)18(19)20;/h2-9,16H,1H3;1H2. The van der Waals surface area contributed by atoms with Crippen LogP contribution in [-0.4, -0.2) is 21.4 Å². The van der Waals surface area contributed by atoms with Gasteiger partial charge in [-0.15, -0.1) is 15.8 Å². The maximum atomic E-state index is 10.6. The number of fused-ring (bicyclic) bond motifs is 1. The molecular formula is C14H14N4O3S3. The van der Waals surface area contributed by atoms with Crippen molar-refractivity contribution < 1.29 is 9.11 Å². The van der Waals surface area contributed by atoms with Gasteiger partial charge in [-0.2, -0.15) is 13.5 Å². The Kier molecular flexibility index (Phi) is 6.26. The van der Waals surface area contributed by atoms with Crippen LogP contribution in [0.15, 0.2) is 48.0 Å². The molecule has 126 valence electrons. The zero-order valence-corrected chi connectivity index (χ0v) is 15.1. The number of anilines is 1. The summed E-state index contributed by atoms with van der Waals surface area (Å²) in [6.45, 7) is 0. The van der Waals surface area contributed by atoms with E-state index in [1.165, 1.54) is 12.1 Å². The molecule has 2 aromatic carbocycles. The number of hydrogen-bond acceptors (Lipinski definition) is 8. The molecule has 3 rings (SSSR count). The van der Waals surface area contributed by atoms with Crippen LogP contribution >= 0.6 is 37.1 Å². The molecule has 1 N–H and O–H groups in total. The molecule has 10 heteroatoms. The molecule has 1 aromatic heterocycles. The maximum Gasteiger partial charge on any atom is 0.269 e. The smallest absolute Gasteiger partial charge is 0.269 e. The summed E-state index contributed by atoms with van der Waals surface area (Å²) in [7, 11) is 1.81. The third kappa shape index (κ3) is 4.51. The highest BCUT2D eigenvalue weighted by molar-refractivity contribution is 7.92. The molecular weight excluding hydrogens is 368 g/mol. The zero-order valence-electron chi connectivity index (χ0n) is 12.5. The fourth-order valence-electron chi connectivity index (χ4n) is 1.85. The van der Waals surface area contributed by atoms with E-state index in [4.69, 9.17) is 4.18 Å². The van der Waals surface area contributed by atoms with Crippen LogP contribution in [0.4, 0.5) is 11.4 Å². The zero-order chi connectivity index (χ0) is 16.2. The Hall–Kier alpha value is -2.01. The molecule has 0 aliphatic heterocycles. The minimum Gasteiger partial charge on any atom is -0.408 e. The Morgan fingerprint density at radius 2 is 2.04 bits per heavy atom. The van der Waals surface area contributed by atoms with E-state index in [1.807, 2.05) is 30.8 Å². The lowest BCUT2D eigenvalue weighted by molar-refractivity contribution is -0.384. The fourth-order valence-corrected chi connectivity index (χ4v) is 3.02. The summed E-state index contributed by atoms with van der Waals surface area (Å²) in [5.74, 6) is 0.534. The number of nitro groups is 1. The average molecular weight is 382 g/mol. The highest BCUT2D eigenvalue weighted by Gasteiger charge is 2.07. The summed E-state index contributed by atoms with van der Waals surface area (Å²) in [6, 6.07) is 11.8. The molecule has 0 amide bonds. The van der Waals surface area contributed by atoms with Gasteiger partial charge in [0.1, 0.15) is 5.75 Å². The monoisotopic (exact) mass is 382 g/mol. The first kappa shape index (κ1) is 18.3. The minimum atomic E-state index is -0.444. The number of aromatic nitrogens is 1. The van der Waals surface area contributed by atoms with Gasteiger partial charge in [0.25, 0.3) is 5.69 Å². The number of hydrazine groups is 1. The van der Waals surface area contributed by atoms with Crippen LogP contribution in [0.3, 0.4) is 0 Å². The second kappa shape index (κ2) is 8.20. The number of nitro benzene ring substituents is 1. The SMILES string of the molecule is CN(Nc1ccc2ncsc2c1)SOc1ccc([N+](=O)[O-])cc1.S. The highest BCUT2D eigenvalue weighted by Crippen LogP contribution is 2.25. The van der Waals surface area contributed by atoms with E-state index in [0.29, 0.717) is 5.75 Å². The predicted octanol–water partition coefficient (Wildman–Crippen LogP) is 4.22. The predicted molar refractivity (Wildman–Crippen MR) is 103 cm³/mol. The molecule has 3 aromatic rings. The molecule has 0 saturated heterocycles. The first-order valence-electron chi connectivity index (χ1n) is 6.54. The van der Waals surface area contributed by atoms with E-state index in [-0.39, 0.29) is 19.2 Å². The Morgan fingerprint density at radius 1 is 1.29 bits per heavy atom. The van der Waals surface area contributed by atoms with Crippen molar-refractivity contribution in [3.8, 4) is 5.75 Å². The van der Waals surface area contributed by atoms with Crippen LogP contribution in [0.1, 0.15) is 0 Å². The fraction of sp³-hybridized carbons (Fsp3) is 0.0714. The Labute approximate surface area is 153 Å². The van der Waals surface area contributed by atoms with Crippen molar-refractivity contribution >= 4 is 58.7 Å². The maximum absolute atomic E-state index is 10.6. The van der Waals surface area contributed by atoms with E-state index in [2.05, 4.69) is 10.4 Å². The van der Waals surface area contributed by atoms with Crippen molar-refractivity contribution in [3.63, 3.8) is 0 Å². The van der Waals surface area contributed by atoms with Crippen LogP contribution in [0, 0.1) is 10.1 Å². The molecule has 0 atom stereocenters. The molecule has 0 unspecified atom stereocenters. The number of benzene rings is 2. The first-order valence-corrected chi connectivity index (χ1v) is 8.12. The van der Waals surface area contributed by atoms with Gasteiger partial charge < -0.3 is 9.61 Å². The summed E-state index contributed by atoms with van der Waals surface area (Å²) in [5.41, 5.74) is 6.90. The van der Waals surface area contributed by atoms with Crippen LogP contribution in [-0.2, 0) is 0 Å². The van der Waals surface area contributed by atoms with Gasteiger partial charge in [-0.05, 0) is 30.3 Å². The quantitative estimate of drug-likeness (QED) is 0.296. The molecule has 0 spiro atoms. The van der Waals surface area contributed by atoms with Gasteiger partial charge in [0.05, 0.1) is 26.3 Å². The lowest BCUT2D eigenvalue weighted by Gasteiger charge is -2.17. The summed E-state index contributed by atoms with van der Waals surface area (Å²) < 4.78 is 8.29. The summed E-state index contributed by atoms with van der Waals surface area (Å²) in [4.78, 5) is 14.4. The molecule has 0 saturated carbocycles. The second-order valence-corrected chi connectivity index (χ2v) is 6.30. The third-order valence-electron chi connectivity index (χ3n) is 2.91. The molecule has 0 aliphatic carbocycles. The molecule has 0 radical (unpaired) electrons. The van der Waals surface area contributed by atoms with Crippen molar-refractivity contribution in [1.82, 2.24) is 9.40 Å². The lowest BCUT2D eigenvalue weighted by Crippen LogP contribution is -2.18. The number of rotatable bonds is 6. The normalized spacial score (nSPS) is 10.4. The molecule has 24 heavy (non-hydrogen) atoms. The number of non-ortho nitro benzene ring substituents is 1. The summed E-state index contributed by atoms with van der Waals surface area (Å²) in [5, 5.41) is 10.6. The van der Waals surface area contributed by atoms with Crippen molar-refractivity contribution in [1.29, 1.82) is 0 Å². The van der Waals surface area contributed by atoms with E-state index >= 15 is 0 Å². The van der Waals surface area contributed by atoms with Gasteiger partial charge in [0.2, 0.25) is 0 Å². The van der Waals surface area contributed by atoms with E-state index in [0.717, 1.165) is 28.1 Å². The van der Waals surface area contributed by atoms with Crippen LogP contribution in [0.2, 0.25) is 0 Å². The molecule has 0 aliphatic rings. The average Bonchev–Trinajstić information content (AvgIpc) is 3.01. The minimum absolute atomic E-state index is 0. The Bertz CT molecular complexity index is 826. The Morgan fingerprint density at radius 3 is 2.75 bits per heavy atom. The Balaban J connectivity index is 0.00000208. The van der Waals surface area contributed by atoms with Crippen molar-refractivity contribution in [2.75, 3.05) is 12.5 Å². The number of nitrogens with zero attached hydrogens (tertiary/aromatic N) is 3. The largest absolute Gasteiger partial charge is 0.408 e. The van der Waals surface area contributed by atoms with Crippen molar-refractivity contribution in [3.05, 3.63) is 58.1 Å². The lowest BCUT2D eigenvalue weighted by atomic mass is 10.3. The summed E-state index contributed by atoms with van der Waals surface area (Å²) >= 11 is 2.67. The molecule has 1 heterocycles. The van der Waals surface area contributed by atoms with Crippen LogP contribution in [0.5, 0.6) is 5.75 Å². The van der Waals surface area contributed by atoms with Gasteiger partial charge in [-0.1, -0.05) is 0 Å². The first-order chi connectivity index (χ1) is 11.1. The molecule has 0 bridgehead atoms. The number of hydrogen-bond donors (Lipinski definition) is 1. The van der Waals surface area contributed by atoms with Gasteiger partial charge >= 0.3 is 0 Å². The summed E-state index contributed by atoms with van der Waals surface area (Å²) in [6.07, 6.45) is 0. The third-order valence-corrected chi connectivity index (χ3v) is 4.28. The molecule has 0 fully saturated rings. The van der Waals surface area contributed by atoms with Crippen LogP contribution in [0.25, 0.3) is 10.2 Å². The second-order valence-electron chi connectivity index (χ2n) is 4.55. The number of nitrogens with one attached hydrogen (secondary N) is 1. The number of thiazole rings is 1. The van der Waals surface area contributed by atoms with Crippen molar-refractivity contribution in [2.45, 2.75) is 0 Å². The van der Waals surface area contributed by atoms with Crippen LogP contribution < -0.4 is 9.61 Å². The van der Waals surface area contributed by atoms with E-state index in [9.17, 15) is 10.1 Å². The topological polar surface area (TPSA) is 80.5 Å². The van der Waals surface area contributed by atoms with Gasteiger partial charge in [0, 0.05) is 19.2 Å². The molecule has 7 nitrogen and oxygen atoms in total. The van der Waals surface area contributed by atoms with E-state index in [1.54, 1.807) is 27.9 Å².